The molecular weight excluding hydrogens is 238 g/mol. The summed E-state index contributed by atoms with van der Waals surface area (Å²) in [5, 5.41) is 2.98. The van der Waals surface area contributed by atoms with Crippen LogP contribution in [-0.4, -0.2) is 19.3 Å². The van der Waals surface area contributed by atoms with Crippen LogP contribution in [0.15, 0.2) is 18.2 Å². The summed E-state index contributed by atoms with van der Waals surface area (Å²) in [6.07, 6.45) is -4.46. The molecule has 0 aliphatic carbocycles. The van der Waals surface area contributed by atoms with Crippen LogP contribution in [0.5, 0.6) is 5.75 Å². The van der Waals surface area contributed by atoms with Gasteiger partial charge in [-0.2, -0.15) is 13.2 Å². The largest absolute Gasteiger partial charge is 0.481 e. The van der Waals surface area contributed by atoms with Crippen molar-refractivity contribution < 1.29 is 22.3 Å². The lowest BCUT2D eigenvalue weighted by Crippen LogP contribution is -2.19. The fourth-order valence-electron chi connectivity index (χ4n) is 1.20. The van der Waals surface area contributed by atoms with Crippen LogP contribution >= 0.6 is 0 Å². The smallest absolute Gasteiger partial charge is 0.422 e. The van der Waals surface area contributed by atoms with Crippen LogP contribution in [0.3, 0.4) is 0 Å². The number of rotatable bonds is 5. The normalized spacial score (nSPS) is 11.6. The van der Waals surface area contributed by atoms with Gasteiger partial charge in [-0.3, -0.25) is 0 Å². The van der Waals surface area contributed by atoms with Gasteiger partial charge in [-0.25, -0.2) is 4.39 Å². The molecule has 0 aliphatic heterocycles. The summed E-state index contributed by atoms with van der Waals surface area (Å²) >= 11 is 0. The van der Waals surface area contributed by atoms with Crippen molar-refractivity contribution in [1.82, 2.24) is 5.32 Å². The first-order chi connectivity index (χ1) is 7.92. The molecule has 1 N–H and O–H groups in total. The zero-order valence-corrected chi connectivity index (χ0v) is 9.27. The molecule has 96 valence electrons. The Hall–Kier alpha value is -1.30. The molecule has 0 unspecified atom stereocenters. The highest BCUT2D eigenvalue weighted by atomic mass is 19.4. The Morgan fingerprint density at radius 3 is 2.53 bits per heavy atom. The first-order valence-electron chi connectivity index (χ1n) is 5.11. The van der Waals surface area contributed by atoms with E-state index < -0.39 is 18.6 Å². The molecule has 2 nitrogen and oxygen atoms in total. The summed E-state index contributed by atoms with van der Waals surface area (Å²) in [7, 11) is 0. The van der Waals surface area contributed by atoms with Gasteiger partial charge in [0.15, 0.2) is 18.2 Å². The van der Waals surface area contributed by atoms with Crippen molar-refractivity contribution in [2.45, 2.75) is 19.6 Å². The minimum absolute atomic E-state index is 0.387. The van der Waals surface area contributed by atoms with E-state index in [1.807, 2.05) is 6.92 Å². The summed E-state index contributed by atoms with van der Waals surface area (Å²) in [4.78, 5) is 0. The van der Waals surface area contributed by atoms with Crippen molar-refractivity contribution in [3.05, 3.63) is 29.6 Å². The lowest BCUT2D eigenvalue weighted by molar-refractivity contribution is -0.153. The molecule has 0 radical (unpaired) electrons. The molecule has 0 aromatic heterocycles. The molecule has 0 bridgehead atoms. The molecule has 17 heavy (non-hydrogen) atoms. The molecule has 0 aliphatic rings. The van der Waals surface area contributed by atoms with Crippen LogP contribution in [0.2, 0.25) is 0 Å². The molecule has 1 rings (SSSR count). The molecule has 0 fully saturated rings. The van der Waals surface area contributed by atoms with E-state index in [0.29, 0.717) is 12.1 Å². The summed E-state index contributed by atoms with van der Waals surface area (Å²) in [6, 6.07) is 3.89. The maximum atomic E-state index is 13.3. The minimum Gasteiger partial charge on any atom is -0.481 e. The van der Waals surface area contributed by atoms with Crippen LogP contribution < -0.4 is 10.1 Å². The molecule has 6 heteroatoms. The monoisotopic (exact) mass is 251 g/mol. The van der Waals surface area contributed by atoms with E-state index in [1.165, 1.54) is 12.1 Å². The Kier molecular flexibility index (Phi) is 4.74. The summed E-state index contributed by atoms with van der Waals surface area (Å²) in [6.45, 7) is 1.61. The van der Waals surface area contributed by atoms with Gasteiger partial charge in [0.05, 0.1) is 0 Å². The van der Waals surface area contributed by atoms with Gasteiger partial charge in [0.25, 0.3) is 0 Å². The maximum absolute atomic E-state index is 13.3. The van der Waals surface area contributed by atoms with Gasteiger partial charge in [0.2, 0.25) is 0 Å². The third-order valence-electron chi connectivity index (χ3n) is 1.97. The van der Waals surface area contributed by atoms with Gasteiger partial charge < -0.3 is 10.1 Å². The van der Waals surface area contributed by atoms with E-state index in [9.17, 15) is 17.6 Å². The van der Waals surface area contributed by atoms with Crippen LogP contribution in [0.1, 0.15) is 12.5 Å². The van der Waals surface area contributed by atoms with Gasteiger partial charge in [-0.15, -0.1) is 0 Å². The van der Waals surface area contributed by atoms with Crippen molar-refractivity contribution in [2.24, 2.45) is 0 Å². The Morgan fingerprint density at radius 2 is 2.00 bits per heavy atom. The van der Waals surface area contributed by atoms with Gasteiger partial charge in [-0.1, -0.05) is 13.0 Å². The average Bonchev–Trinajstić information content (AvgIpc) is 2.23. The quantitative estimate of drug-likeness (QED) is 0.812. The summed E-state index contributed by atoms with van der Waals surface area (Å²) in [5.41, 5.74) is 0.656. The van der Waals surface area contributed by atoms with Gasteiger partial charge in [0.1, 0.15) is 0 Å². The molecule has 0 saturated heterocycles. The van der Waals surface area contributed by atoms with Crippen LogP contribution in [0.4, 0.5) is 17.6 Å². The highest BCUT2D eigenvalue weighted by Gasteiger charge is 2.28. The Balaban J connectivity index is 2.63. The summed E-state index contributed by atoms with van der Waals surface area (Å²) < 4.78 is 53.3. The number of nitrogens with one attached hydrogen (secondary N) is 1. The number of benzene rings is 1. The molecular formula is C11H13F4NO. The predicted molar refractivity (Wildman–Crippen MR) is 55.3 cm³/mol. The van der Waals surface area contributed by atoms with Crippen molar-refractivity contribution in [1.29, 1.82) is 0 Å². The van der Waals surface area contributed by atoms with Gasteiger partial charge in [-0.05, 0) is 24.2 Å². The van der Waals surface area contributed by atoms with Crippen molar-refractivity contribution in [3.63, 3.8) is 0 Å². The first-order valence-corrected chi connectivity index (χ1v) is 5.11. The third-order valence-corrected chi connectivity index (χ3v) is 1.97. The van der Waals surface area contributed by atoms with Crippen molar-refractivity contribution >= 4 is 0 Å². The number of halogens is 4. The highest BCUT2D eigenvalue weighted by molar-refractivity contribution is 5.29. The van der Waals surface area contributed by atoms with E-state index in [4.69, 9.17) is 0 Å². The lowest BCUT2D eigenvalue weighted by atomic mass is 10.2. The van der Waals surface area contributed by atoms with Gasteiger partial charge in [0, 0.05) is 6.54 Å². The number of alkyl halides is 3. The molecule has 0 atom stereocenters. The van der Waals surface area contributed by atoms with Crippen molar-refractivity contribution in [2.75, 3.05) is 13.2 Å². The first kappa shape index (κ1) is 13.8. The molecule has 1 aromatic rings. The van der Waals surface area contributed by atoms with Crippen LogP contribution in [0, 0.1) is 5.82 Å². The van der Waals surface area contributed by atoms with E-state index in [-0.39, 0.29) is 5.75 Å². The van der Waals surface area contributed by atoms with Crippen LogP contribution in [-0.2, 0) is 6.54 Å². The Bertz CT molecular complexity index is 365. The SMILES string of the molecule is CCNCc1ccc(OCC(F)(F)F)c(F)c1. The zero-order valence-electron chi connectivity index (χ0n) is 9.27. The Morgan fingerprint density at radius 1 is 1.29 bits per heavy atom. The summed E-state index contributed by atoms with van der Waals surface area (Å²) in [5.74, 6) is -1.17. The molecule has 0 amide bonds. The number of ether oxygens (including phenoxy) is 1. The van der Waals surface area contributed by atoms with Crippen LogP contribution in [0.25, 0.3) is 0 Å². The standard InChI is InChI=1S/C11H13F4NO/c1-2-16-6-8-3-4-10(9(12)5-8)17-7-11(13,14)15/h3-5,16H,2,6-7H2,1H3. The molecule has 0 spiro atoms. The van der Waals surface area contributed by atoms with E-state index in [1.54, 1.807) is 0 Å². The molecule has 1 aromatic carbocycles. The average molecular weight is 251 g/mol. The minimum atomic E-state index is -4.46. The Labute approximate surface area is 96.6 Å². The van der Waals surface area contributed by atoms with E-state index in [0.717, 1.165) is 12.6 Å². The van der Waals surface area contributed by atoms with Gasteiger partial charge >= 0.3 is 6.18 Å². The third kappa shape index (κ3) is 5.04. The molecule has 0 saturated carbocycles. The highest BCUT2D eigenvalue weighted by Crippen LogP contribution is 2.22. The van der Waals surface area contributed by atoms with Crippen molar-refractivity contribution in [3.8, 4) is 5.75 Å². The number of hydrogen-bond donors (Lipinski definition) is 1. The van der Waals surface area contributed by atoms with E-state index >= 15 is 0 Å². The molecule has 0 heterocycles. The number of hydrogen-bond acceptors (Lipinski definition) is 2. The lowest BCUT2D eigenvalue weighted by Gasteiger charge is -2.10. The predicted octanol–water partition coefficient (Wildman–Crippen LogP) is 2.88. The second-order valence-electron chi connectivity index (χ2n) is 3.45. The zero-order chi connectivity index (χ0) is 12.9. The maximum Gasteiger partial charge on any atom is 0.422 e. The fourth-order valence-corrected chi connectivity index (χ4v) is 1.20. The topological polar surface area (TPSA) is 21.3 Å². The van der Waals surface area contributed by atoms with E-state index in [2.05, 4.69) is 10.1 Å². The second-order valence-corrected chi connectivity index (χ2v) is 3.45. The second kappa shape index (κ2) is 5.86. The fraction of sp³-hybridized carbons (Fsp3) is 0.455.